The fourth-order valence-corrected chi connectivity index (χ4v) is 1.76. The van der Waals surface area contributed by atoms with Crippen LogP contribution in [0.25, 0.3) is 0 Å². The van der Waals surface area contributed by atoms with E-state index in [9.17, 15) is 14.3 Å². The zero-order valence-corrected chi connectivity index (χ0v) is 10.1. The van der Waals surface area contributed by atoms with Crippen LogP contribution in [-0.4, -0.2) is 17.6 Å². The van der Waals surface area contributed by atoms with Crippen molar-refractivity contribution in [3.63, 3.8) is 0 Å². The lowest BCUT2D eigenvalue weighted by atomic mass is 9.92. The number of carbonyl (C=O) groups is 1. The summed E-state index contributed by atoms with van der Waals surface area (Å²) in [5.74, 6) is -2.09. The molecule has 1 aromatic carbocycles. The monoisotopic (exact) mass is 257 g/mol. The third kappa shape index (κ3) is 3.05. The molecule has 3 nitrogen and oxygen atoms in total. The van der Waals surface area contributed by atoms with Crippen molar-refractivity contribution in [2.24, 2.45) is 0 Å². The number of aliphatic hydroxyl groups is 1. The van der Waals surface area contributed by atoms with Crippen molar-refractivity contribution in [2.45, 2.75) is 12.5 Å². The molecule has 0 aliphatic rings. The molecular formula is C12H13ClFNO2. The van der Waals surface area contributed by atoms with Crippen molar-refractivity contribution in [3.8, 4) is 0 Å². The van der Waals surface area contributed by atoms with Crippen molar-refractivity contribution < 1.29 is 14.3 Å². The molecule has 1 aromatic rings. The molecule has 0 fully saturated rings. The number of nitrogens with one attached hydrogen (secondary N) is 1. The minimum atomic E-state index is -1.15. The quantitative estimate of drug-likeness (QED) is 0.812. The highest BCUT2D eigenvalue weighted by molar-refractivity contribution is 6.31. The zero-order valence-electron chi connectivity index (χ0n) is 9.34. The second kappa shape index (κ2) is 5.29. The summed E-state index contributed by atoms with van der Waals surface area (Å²) in [5.41, 5.74) is -0.636. The Morgan fingerprint density at radius 2 is 2.18 bits per heavy atom. The number of aliphatic hydroxyl groups excluding tert-OH is 1. The van der Waals surface area contributed by atoms with Gasteiger partial charge in [0.2, 0.25) is 0 Å². The van der Waals surface area contributed by atoms with E-state index in [1.165, 1.54) is 0 Å². The highest BCUT2D eigenvalue weighted by atomic mass is 35.5. The highest BCUT2D eigenvalue weighted by Crippen LogP contribution is 2.27. The molecule has 0 radical (unpaired) electrons. The van der Waals surface area contributed by atoms with Crippen LogP contribution < -0.4 is 5.32 Å². The summed E-state index contributed by atoms with van der Waals surface area (Å²) in [4.78, 5) is 11.3. The number of carbonyl (C=O) groups excluding carboxylic acids is 1. The first-order chi connectivity index (χ1) is 7.90. The Bertz CT molecular complexity index is 450. The SMILES string of the molecule is C=C(F)C(=O)NC(C)(CO)c1ccccc1Cl. The minimum absolute atomic E-state index is 0.383. The van der Waals surface area contributed by atoms with Gasteiger partial charge in [-0.15, -0.1) is 0 Å². The van der Waals surface area contributed by atoms with Crippen LogP contribution in [0.5, 0.6) is 0 Å². The van der Waals surface area contributed by atoms with Crippen LogP contribution in [0.15, 0.2) is 36.7 Å². The van der Waals surface area contributed by atoms with Gasteiger partial charge in [0.15, 0.2) is 5.83 Å². The minimum Gasteiger partial charge on any atom is -0.394 e. The van der Waals surface area contributed by atoms with E-state index in [-0.39, 0.29) is 0 Å². The van der Waals surface area contributed by atoms with Gasteiger partial charge >= 0.3 is 0 Å². The third-order valence-corrected chi connectivity index (χ3v) is 2.75. The number of amides is 1. The summed E-state index contributed by atoms with van der Waals surface area (Å²) < 4.78 is 12.7. The number of hydrogen-bond acceptors (Lipinski definition) is 2. The standard InChI is InChI=1S/C12H13ClFNO2/c1-8(14)11(17)15-12(2,7-16)9-5-3-4-6-10(9)13/h3-6,16H,1,7H2,2H3,(H,15,17). The second-order valence-electron chi connectivity index (χ2n) is 3.83. The summed E-state index contributed by atoms with van der Waals surface area (Å²) in [5, 5.41) is 12.1. The number of hydrogen-bond donors (Lipinski definition) is 2. The van der Waals surface area contributed by atoms with Crippen molar-refractivity contribution in [2.75, 3.05) is 6.61 Å². The van der Waals surface area contributed by atoms with Gasteiger partial charge in [-0.1, -0.05) is 36.4 Å². The summed E-state index contributed by atoms with van der Waals surface area (Å²) in [6, 6.07) is 6.71. The maximum absolute atomic E-state index is 12.7. The highest BCUT2D eigenvalue weighted by Gasteiger charge is 2.30. The van der Waals surface area contributed by atoms with E-state index in [1.807, 2.05) is 0 Å². The Kier molecular flexibility index (Phi) is 4.26. The molecule has 5 heteroatoms. The molecule has 1 unspecified atom stereocenters. The molecule has 2 N–H and O–H groups in total. The molecule has 0 aliphatic heterocycles. The molecule has 17 heavy (non-hydrogen) atoms. The topological polar surface area (TPSA) is 49.3 Å². The first-order valence-corrected chi connectivity index (χ1v) is 5.31. The Morgan fingerprint density at radius 3 is 2.65 bits per heavy atom. The molecule has 1 atom stereocenters. The van der Waals surface area contributed by atoms with Gasteiger partial charge in [-0.2, -0.15) is 0 Å². The average molecular weight is 258 g/mol. The molecule has 1 amide bonds. The van der Waals surface area contributed by atoms with Crippen LogP contribution in [0.2, 0.25) is 5.02 Å². The van der Waals surface area contributed by atoms with E-state index < -0.39 is 23.9 Å². The van der Waals surface area contributed by atoms with Gasteiger partial charge in [0.1, 0.15) is 0 Å². The van der Waals surface area contributed by atoms with Crippen molar-refractivity contribution in [3.05, 3.63) is 47.3 Å². The average Bonchev–Trinajstić information content (AvgIpc) is 2.29. The first-order valence-electron chi connectivity index (χ1n) is 4.93. The number of rotatable bonds is 4. The van der Waals surface area contributed by atoms with E-state index in [4.69, 9.17) is 11.6 Å². The summed E-state index contributed by atoms with van der Waals surface area (Å²) in [7, 11) is 0. The molecule has 0 saturated carbocycles. The summed E-state index contributed by atoms with van der Waals surface area (Å²) in [6.07, 6.45) is 0. The normalized spacial score (nSPS) is 13.9. The van der Waals surface area contributed by atoms with E-state index in [0.29, 0.717) is 10.6 Å². The fraction of sp³-hybridized carbons (Fsp3) is 0.250. The molecule has 0 heterocycles. The Balaban J connectivity index is 3.08. The molecule has 0 spiro atoms. The van der Waals surface area contributed by atoms with Crippen LogP contribution >= 0.6 is 11.6 Å². The van der Waals surface area contributed by atoms with Crippen LogP contribution in [0.4, 0.5) is 4.39 Å². The van der Waals surface area contributed by atoms with E-state index >= 15 is 0 Å². The maximum atomic E-state index is 12.7. The summed E-state index contributed by atoms with van der Waals surface area (Å²) >= 11 is 5.97. The van der Waals surface area contributed by atoms with E-state index in [2.05, 4.69) is 11.9 Å². The maximum Gasteiger partial charge on any atom is 0.280 e. The van der Waals surface area contributed by atoms with Crippen LogP contribution in [0, 0.1) is 0 Å². The largest absolute Gasteiger partial charge is 0.394 e. The Labute approximate surface area is 104 Å². The van der Waals surface area contributed by atoms with Crippen LogP contribution in [0.1, 0.15) is 12.5 Å². The first kappa shape index (κ1) is 13.7. The fourth-order valence-electron chi connectivity index (χ4n) is 1.42. The lowest BCUT2D eigenvalue weighted by Gasteiger charge is -2.29. The lowest BCUT2D eigenvalue weighted by Crippen LogP contribution is -2.46. The van der Waals surface area contributed by atoms with E-state index in [1.54, 1.807) is 31.2 Å². The summed E-state index contributed by atoms with van der Waals surface area (Å²) in [6.45, 7) is 4.04. The van der Waals surface area contributed by atoms with Gasteiger partial charge in [-0.05, 0) is 18.6 Å². The molecule has 0 bridgehead atoms. The Hall–Kier alpha value is -1.39. The van der Waals surface area contributed by atoms with Crippen molar-refractivity contribution >= 4 is 17.5 Å². The predicted octanol–water partition coefficient (Wildman–Crippen LogP) is 2.15. The predicted molar refractivity (Wildman–Crippen MR) is 64.3 cm³/mol. The van der Waals surface area contributed by atoms with Gasteiger partial charge in [-0.25, -0.2) is 4.39 Å². The number of benzene rings is 1. The number of halogens is 2. The molecule has 92 valence electrons. The van der Waals surface area contributed by atoms with Crippen molar-refractivity contribution in [1.29, 1.82) is 0 Å². The molecule has 0 saturated heterocycles. The smallest absolute Gasteiger partial charge is 0.280 e. The molecule has 0 aliphatic carbocycles. The second-order valence-corrected chi connectivity index (χ2v) is 4.24. The van der Waals surface area contributed by atoms with Gasteiger partial charge in [0, 0.05) is 5.02 Å². The van der Waals surface area contributed by atoms with Crippen molar-refractivity contribution in [1.82, 2.24) is 5.32 Å². The zero-order chi connectivity index (χ0) is 13.1. The van der Waals surface area contributed by atoms with Gasteiger partial charge in [0.05, 0.1) is 12.1 Å². The lowest BCUT2D eigenvalue weighted by molar-refractivity contribution is -0.121. The van der Waals surface area contributed by atoms with Crippen LogP contribution in [0.3, 0.4) is 0 Å². The van der Waals surface area contributed by atoms with E-state index in [0.717, 1.165) is 0 Å². The van der Waals surface area contributed by atoms with Gasteiger partial charge < -0.3 is 10.4 Å². The molecule has 1 rings (SSSR count). The van der Waals surface area contributed by atoms with Gasteiger partial charge in [-0.3, -0.25) is 4.79 Å². The Morgan fingerprint density at radius 1 is 1.59 bits per heavy atom. The van der Waals surface area contributed by atoms with Gasteiger partial charge in [0.25, 0.3) is 5.91 Å². The van der Waals surface area contributed by atoms with Crippen LogP contribution in [-0.2, 0) is 10.3 Å². The molecule has 0 aromatic heterocycles. The molecular weight excluding hydrogens is 245 g/mol. The third-order valence-electron chi connectivity index (χ3n) is 2.42.